The van der Waals surface area contributed by atoms with Gasteiger partial charge >= 0.3 is 0 Å². The van der Waals surface area contributed by atoms with Crippen LogP contribution in [0.3, 0.4) is 0 Å². The van der Waals surface area contributed by atoms with E-state index in [0.717, 1.165) is 11.5 Å². The highest BCUT2D eigenvalue weighted by atomic mass is 127. The Kier molecular flexibility index (Phi) is 1.50. The largest absolute Gasteiger partial charge is 0.250 e. The number of fused-ring (bicyclic) bond motifs is 1. The van der Waals surface area contributed by atoms with E-state index in [9.17, 15) is 0 Å². The van der Waals surface area contributed by atoms with E-state index in [-0.39, 0.29) is 21.3 Å². The Morgan fingerprint density at radius 2 is 2.10 bits per heavy atom. The quantitative estimate of drug-likeness (QED) is 0.653. The molecule has 0 N–H and O–H groups in total. The van der Waals surface area contributed by atoms with Gasteiger partial charge in [0.2, 0.25) is 0 Å². The molecule has 0 saturated heterocycles. The Balaban J connectivity index is 2.65. The Hall–Kier alpha value is -0.720. The first-order chi connectivity index (χ1) is 4.97. The lowest BCUT2D eigenvalue weighted by atomic mass is 10.4. The lowest BCUT2D eigenvalue weighted by molar-refractivity contribution is 1.17. The van der Waals surface area contributed by atoms with E-state index in [2.05, 4.69) is 16.3 Å². The number of halogens is 1. The van der Waals surface area contributed by atoms with E-state index in [1.54, 1.807) is 18.6 Å². The zero-order valence-corrected chi connectivity index (χ0v) is 7.06. The first-order valence-corrected chi connectivity index (χ1v) is 4.59. The number of hydrogen-bond acceptors (Lipinski definition) is 4. The summed E-state index contributed by atoms with van der Waals surface area (Å²) in [5.74, 6) is 0.741. The molecule has 0 amide bonds. The van der Waals surface area contributed by atoms with Crippen LogP contribution < -0.4 is 0 Å². The molecule has 1 aromatic heterocycles. The molecule has 0 saturated carbocycles. The highest BCUT2D eigenvalue weighted by molar-refractivity contribution is 14.1. The lowest BCUT2D eigenvalue weighted by Crippen LogP contribution is -1.89. The smallest absolute Gasteiger partial charge is 0.186 e. The Morgan fingerprint density at radius 1 is 1.20 bits per heavy atom. The van der Waals surface area contributed by atoms with E-state index in [1.165, 1.54) is 0 Å². The van der Waals surface area contributed by atoms with Gasteiger partial charge in [-0.25, -0.2) is 13.2 Å². The second-order valence-electron chi connectivity index (χ2n) is 1.65. The fourth-order valence-electron chi connectivity index (χ4n) is 0.623. The van der Waals surface area contributed by atoms with Gasteiger partial charge in [-0.1, -0.05) is 0 Å². The highest BCUT2D eigenvalue weighted by Gasteiger charge is 2.01. The van der Waals surface area contributed by atoms with Crippen LogP contribution in [0.25, 0.3) is 0 Å². The van der Waals surface area contributed by atoms with Crippen LogP contribution in [0.1, 0.15) is 5.69 Å². The van der Waals surface area contributed by atoms with Crippen LogP contribution in [0.15, 0.2) is 18.7 Å². The molecule has 2 rings (SSSR count). The number of hydrogen-bond donors (Lipinski definition) is 0. The lowest BCUT2D eigenvalue weighted by Gasteiger charge is -1.96. The van der Waals surface area contributed by atoms with Crippen molar-refractivity contribution in [3.8, 4) is 0 Å². The molecule has 0 spiro atoms. The summed E-state index contributed by atoms with van der Waals surface area (Å²) >= 11 is -0.382. The van der Waals surface area contributed by atoms with Crippen LogP contribution in [0, 0.1) is 0 Å². The summed E-state index contributed by atoms with van der Waals surface area (Å²) in [4.78, 5) is 8.06. The molecule has 5 heteroatoms. The zero-order valence-electron chi connectivity index (χ0n) is 4.90. The molecule has 50 valence electrons. The van der Waals surface area contributed by atoms with Crippen LogP contribution in [-0.4, -0.2) is 16.2 Å². The van der Waals surface area contributed by atoms with Crippen LogP contribution in [-0.2, 0) is 0 Å². The van der Waals surface area contributed by atoms with Crippen LogP contribution in [0.4, 0.5) is 5.82 Å². The maximum absolute atomic E-state index is 4.13. The molecule has 0 atom stereocenters. The predicted octanol–water partition coefficient (Wildman–Crippen LogP) is 1.61. The average molecular weight is 246 g/mol. The van der Waals surface area contributed by atoms with Gasteiger partial charge in [-0.3, -0.25) is 0 Å². The van der Waals surface area contributed by atoms with Gasteiger partial charge in [0.05, 0.1) is 6.21 Å². The number of rotatable bonds is 0. The van der Waals surface area contributed by atoms with Gasteiger partial charge < -0.3 is 0 Å². The summed E-state index contributed by atoms with van der Waals surface area (Å²) in [7, 11) is 0. The standard InChI is InChI=1S/C5H3IN4/c1-2-8-5-4(7-1)3-9-6-10-5/h1-3H. The summed E-state index contributed by atoms with van der Waals surface area (Å²) in [5, 5.41) is 0. The van der Waals surface area contributed by atoms with E-state index in [1.807, 2.05) is 0 Å². The van der Waals surface area contributed by atoms with Crippen molar-refractivity contribution in [1.29, 1.82) is 0 Å². The minimum Gasteiger partial charge on any atom is -0.250 e. The molecule has 0 radical (unpaired) electrons. The third-order valence-corrected chi connectivity index (χ3v) is 2.24. The van der Waals surface area contributed by atoms with Crippen LogP contribution >= 0.6 is 21.3 Å². The Bertz CT molecular complexity index is 275. The highest BCUT2D eigenvalue weighted by Crippen LogP contribution is 2.21. The molecule has 0 aliphatic carbocycles. The van der Waals surface area contributed by atoms with Gasteiger partial charge in [-0.15, -0.1) is 0 Å². The topological polar surface area (TPSA) is 50.5 Å². The fourth-order valence-corrected chi connectivity index (χ4v) is 1.71. The molecular formula is C5H3IN4. The maximum Gasteiger partial charge on any atom is 0.186 e. The van der Waals surface area contributed by atoms with Crippen molar-refractivity contribution in [3.63, 3.8) is 0 Å². The van der Waals surface area contributed by atoms with Gasteiger partial charge in [0.15, 0.2) is 5.82 Å². The summed E-state index contributed by atoms with van der Waals surface area (Å²) in [5.41, 5.74) is 0.786. The summed E-state index contributed by atoms with van der Waals surface area (Å²) in [6.07, 6.45) is 5.03. The second-order valence-corrected chi connectivity index (χ2v) is 3.12. The number of aromatic nitrogens is 2. The van der Waals surface area contributed by atoms with Crippen LogP contribution in [0.2, 0.25) is 0 Å². The van der Waals surface area contributed by atoms with Crippen molar-refractivity contribution in [2.45, 2.75) is 0 Å². The van der Waals surface area contributed by atoms with E-state index >= 15 is 0 Å². The molecule has 0 bridgehead atoms. The van der Waals surface area contributed by atoms with Crippen molar-refractivity contribution in [3.05, 3.63) is 18.1 Å². The van der Waals surface area contributed by atoms with Crippen LogP contribution in [0.5, 0.6) is 0 Å². The number of nitrogens with zero attached hydrogens (tertiary/aromatic N) is 4. The van der Waals surface area contributed by atoms with Crippen molar-refractivity contribution in [1.82, 2.24) is 9.97 Å². The summed E-state index contributed by atoms with van der Waals surface area (Å²) < 4.78 is 8.17. The predicted molar refractivity (Wildman–Crippen MR) is 45.7 cm³/mol. The van der Waals surface area contributed by atoms with Crippen molar-refractivity contribution < 1.29 is 0 Å². The molecule has 10 heavy (non-hydrogen) atoms. The molecule has 0 aromatic carbocycles. The van der Waals surface area contributed by atoms with Gasteiger partial charge in [0.1, 0.15) is 27.0 Å². The average Bonchev–Trinajstić information content (AvgIpc) is 2.05. The Labute approximate surface area is 67.9 Å². The normalized spacial score (nSPS) is 14.0. The van der Waals surface area contributed by atoms with Crippen molar-refractivity contribution >= 4 is 33.3 Å². The summed E-state index contributed by atoms with van der Waals surface area (Å²) in [6.45, 7) is 0. The SMILES string of the molecule is C1=NI=Nc2nccnc21. The van der Waals surface area contributed by atoms with Crippen molar-refractivity contribution in [2.24, 2.45) is 6.35 Å². The molecule has 4 nitrogen and oxygen atoms in total. The van der Waals surface area contributed by atoms with E-state index in [4.69, 9.17) is 0 Å². The molecule has 2 heterocycles. The van der Waals surface area contributed by atoms with E-state index in [0.29, 0.717) is 0 Å². The Morgan fingerprint density at radius 3 is 3.00 bits per heavy atom. The second kappa shape index (κ2) is 2.49. The molecule has 1 aliphatic rings. The van der Waals surface area contributed by atoms with Gasteiger partial charge in [0.25, 0.3) is 0 Å². The van der Waals surface area contributed by atoms with Gasteiger partial charge in [-0.2, -0.15) is 3.15 Å². The molecule has 0 unspecified atom stereocenters. The molecular weight excluding hydrogens is 243 g/mol. The zero-order chi connectivity index (χ0) is 6.81. The van der Waals surface area contributed by atoms with Gasteiger partial charge in [0, 0.05) is 12.4 Å². The summed E-state index contributed by atoms with van der Waals surface area (Å²) in [6, 6.07) is 0. The first kappa shape index (κ1) is 6.02. The molecule has 0 fully saturated rings. The minimum absolute atomic E-state index is 0.382. The first-order valence-electron chi connectivity index (χ1n) is 2.66. The molecule has 1 aliphatic heterocycles. The third kappa shape index (κ3) is 0.962. The van der Waals surface area contributed by atoms with Crippen molar-refractivity contribution in [2.75, 3.05) is 0 Å². The van der Waals surface area contributed by atoms with Gasteiger partial charge in [-0.05, 0) is 0 Å². The minimum atomic E-state index is -0.382. The maximum atomic E-state index is 4.13. The van der Waals surface area contributed by atoms with E-state index < -0.39 is 0 Å². The fraction of sp³-hybridized carbons (Fsp3) is 0. The third-order valence-electron chi connectivity index (χ3n) is 1.04. The molecule has 1 aromatic rings. The monoisotopic (exact) mass is 246 g/mol.